The fourth-order valence-corrected chi connectivity index (χ4v) is 3.18. The topological polar surface area (TPSA) is 46.0 Å². The molecule has 0 saturated heterocycles. The molecule has 0 saturated carbocycles. The van der Waals surface area contributed by atoms with Gasteiger partial charge in [0.2, 0.25) is 0 Å². The molecule has 1 aromatic rings. The number of aliphatic hydroxyl groups excluding tert-OH is 1. The summed E-state index contributed by atoms with van der Waals surface area (Å²) in [5.74, 6) is 0. The summed E-state index contributed by atoms with van der Waals surface area (Å²) in [5, 5.41) is 13.8. The number of nitrogens with zero attached hydrogens (tertiary/aromatic N) is 2. The monoisotopic (exact) mass is 246 g/mol. The third-order valence-electron chi connectivity index (χ3n) is 2.54. The maximum atomic E-state index is 9.58. The molecule has 0 amide bonds. The minimum absolute atomic E-state index is 0.0942. The van der Waals surface area contributed by atoms with Gasteiger partial charge in [-0.1, -0.05) is 0 Å². The summed E-state index contributed by atoms with van der Waals surface area (Å²) in [5.41, 5.74) is 1.23. The number of aromatic nitrogens is 2. The average Bonchev–Trinajstić information content (AvgIpc) is 2.56. The van der Waals surface area contributed by atoms with Crippen molar-refractivity contribution in [2.24, 2.45) is 0 Å². The Morgan fingerprint density at radius 2 is 2.15 bits per heavy atom. The van der Waals surface area contributed by atoms with Crippen molar-refractivity contribution in [1.82, 2.24) is 9.19 Å². The van der Waals surface area contributed by atoms with E-state index in [9.17, 15) is 5.11 Å². The third-order valence-corrected chi connectivity index (χ3v) is 4.27. The molecule has 0 radical (unpaired) electrons. The van der Waals surface area contributed by atoms with Gasteiger partial charge < -0.3 is 0 Å². The second-order valence-corrected chi connectivity index (χ2v) is 5.34. The van der Waals surface area contributed by atoms with Crippen molar-refractivity contribution in [2.45, 2.75) is 44.6 Å². The second-order valence-electron chi connectivity index (χ2n) is 3.58. The normalized spacial score (nSPS) is 24.2. The molecule has 0 fully saturated rings. The Bertz CT molecular complexity index is 274. The molecular weight excluding hydrogens is 231 g/mol. The summed E-state index contributed by atoms with van der Waals surface area (Å²) in [6.07, 6.45) is 6.15. The first-order chi connectivity index (χ1) is 6.36. The van der Waals surface area contributed by atoms with Crippen molar-refractivity contribution in [3.8, 4) is 0 Å². The molecule has 0 spiro atoms. The first-order valence-electron chi connectivity index (χ1n) is 4.84. The van der Waals surface area contributed by atoms with Gasteiger partial charge in [0.1, 0.15) is 0 Å². The van der Waals surface area contributed by atoms with Crippen LogP contribution in [0.25, 0.3) is 0 Å². The second kappa shape index (κ2) is 4.36. The molecule has 0 aromatic carbocycles. The van der Waals surface area contributed by atoms with E-state index in [1.807, 2.05) is 0 Å². The molecule has 1 aliphatic rings. The molecule has 3 nitrogen and oxygen atoms in total. The summed E-state index contributed by atoms with van der Waals surface area (Å²) in [4.78, 5) is 0. The molecule has 1 N–H and O–H groups in total. The molecule has 72 valence electrons. The zero-order chi connectivity index (χ0) is 9.10. The average molecular weight is 245 g/mol. The summed E-state index contributed by atoms with van der Waals surface area (Å²) >= 11 is 0.249. The van der Waals surface area contributed by atoms with Gasteiger partial charge in [0.25, 0.3) is 0 Å². The fourth-order valence-electron chi connectivity index (χ4n) is 1.72. The van der Waals surface area contributed by atoms with Gasteiger partial charge in [0.05, 0.1) is 0 Å². The first-order valence-corrected chi connectivity index (χ1v) is 6.46. The van der Waals surface area contributed by atoms with Crippen LogP contribution in [0.1, 0.15) is 35.8 Å². The zero-order valence-electron chi connectivity index (χ0n) is 7.57. The zero-order valence-corrected chi connectivity index (χ0v) is 9.28. The van der Waals surface area contributed by atoms with Crippen molar-refractivity contribution in [3.05, 3.63) is 10.1 Å². The standard InChI is InChI=1S/C9H14N2OSe/c12-7-3-1-2-4-8-9(6-5-7)13-11-10-8/h7,12H,1-6H2. The Morgan fingerprint density at radius 3 is 3.08 bits per heavy atom. The Balaban J connectivity index is 2.10. The molecule has 1 unspecified atom stereocenters. The third kappa shape index (κ3) is 2.39. The van der Waals surface area contributed by atoms with Crippen LogP contribution < -0.4 is 0 Å². The molecule has 0 aliphatic heterocycles. The predicted molar refractivity (Wildman–Crippen MR) is 50.9 cm³/mol. The minimum atomic E-state index is -0.0942. The van der Waals surface area contributed by atoms with E-state index in [1.54, 1.807) is 0 Å². The van der Waals surface area contributed by atoms with E-state index < -0.39 is 0 Å². The quantitative estimate of drug-likeness (QED) is 0.679. The Morgan fingerprint density at radius 1 is 1.23 bits per heavy atom. The van der Waals surface area contributed by atoms with E-state index in [0.717, 1.165) is 38.5 Å². The number of hydrogen-bond acceptors (Lipinski definition) is 3. The van der Waals surface area contributed by atoms with E-state index in [1.165, 1.54) is 10.1 Å². The van der Waals surface area contributed by atoms with Gasteiger partial charge in [-0.25, -0.2) is 0 Å². The van der Waals surface area contributed by atoms with Crippen LogP contribution in [0.2, 0.25) is 0 Å². The van der Waals surface area contributed by atoms with Crippen molar-refractivity contribution in [1.29, 1.82) is 0 Å². The Kier molecular flexibility index (Phi) is 3.14. The van der Waals surface area contributed by atoms with Gasteiger partial charge in [-0.05, 0) is 0 Å². The fraction of sp³-hybridized carbons (Fsp3) is 0.778. The van der Waals surface area contributed by atoms with Crippen LogP contribution in [0.3, 0.4) is 0 Å². The predicted octanol–water partition coefficient (Wildman–Crippen LogP) is 0.554. The van der Waals surface area contributed by atoms with E-state index in [4.69, 9.17) is 0 Å². The number of aryl methyl sites for hydroxylation is 2. The molecule has 0 bridgehead atoms. The summed E-state index contributed by atoms with van der Waals surface area (Å²) < 4.78 is 5.52. The van der Waals surface area contributed by atoms with E-state index in [-0.39, 0.29) is 20.8 Å². The molecule has 1 atom stereocenters. The van der Waals surface area contributed by atoms with Crippen LogP contribution in [0, 0.1) is 0 Å². The van der Waals surface area contributed by atoms with Crippen molar-refractivity contribution >= 4 is 14.7 Å². The van der Waals surface area contributed by atoms with Crippen molar-refractivity contribution in [3.63, 3.8) is 0 Å². The molecule has 2 rings (SSSR count). The number of rotatable bonds is 0. The maximum absolute atomic E-state index is 9.58. The van der Waals surface area contributed by atoms with Crippen LogP contribution in [0.5, 0.6) is 0 Å². The summed E-state index contributed by atoms with van der Waals surface area (Å²) in [7, 11) is 0. The van der Waals surface area contributed by atoms with Crippen LogP contribution in [-0.4, -0.2) is 35.1 Å². The van der Waals surface area contributed by atoms with Gasteiger partial charge in [0.15, 0.2) is 0 Å². The molecule has 1 heterocycles. The molecule has 1 aromatic heterocycles. The van der Waals surface area contributed by atoms with Crippen LogP contribution in [-0.2, 0) is 12.8 Å². The van der Waals surface area contributed by atoms with Crippen molar-refractivity contribution in [2.75, 3.05) is 0 Å². The Labute approximate surface area is 84.2 Å². The SMILES string of the molecule is OC1CCCCc2nn[se]c2CC1. The van der Waals surface area contributed by atoms with Gasteiger partial charge in [0, 0.05) is 0 Å². The van der Waals surface area contributed by atoms with Gasteiger partial charge in [-0.3, -0.25) is 0 Å². The van der Waals surface area contributed by atoms with Crippen LogP contribution >= 0.6 is 0 Å². The van der Waals surface area contributed by atoms with Crippen molar-refractivity contribution < 1.29 is 5.11 Å². The number of hydrogen-bond donors (Lipinski definition) is 1. The number of aliphatic hydroxyl groups is 1. The van der Waals surface area contributed by atoms with E-state index in [2.05, 4.69) is 9.19 Å². The van der Waals surface area contributed by atoms with Gasteiger partial charge >= 0.3 is 83.8 Å². The Hall–Kier alpha value is -0.181. The van der Waals surface area contributed by atoms with Crippen LogP contribution in [0.4, 0.5) is 0 Å². The van der Waals surface area contributed by atoms with E-state index in [0.29, 0.717) is 0 Å². The van der Waals surface area contributed by atoms with Gasteiger partial charge in [-0.15, -0.1) is 0 Å². The summed E-state index contributed by atoms with van der Waals surface area (Å²) in [6.45, 7) is 0. The van der Waals surface area contributed by atoms with Crippen LogP contribution in [0.15, 0.2) is 0 Å². The molecule has 1 aliphatic carbocycles. The molecular formula is C9H14N2OSe. The molecule has 4 heteroatoms. The summed E-state index contributed by atoms with van der Waals surface area (Å²) in [6, 6.07) is 0. The first kappa shape index (κ1) is 9.38. The molecule has 13 heavy (non-hydrogen) atoms. The van der Waals surface area contributed by atoms with Gasteiger partial charge in [-0.2, -0.15) is 0 Å². The van der Waals surface area contributed by atoms with E-state index >= 15 is 0 Å². The number of fused-ring (bicyclic) bond motifs is 1.